The fraction of sp³-hybridized carbons (Fsp3) is 1.00. The summed E-state index contributed by atoms with van der Waals surface area (Å²) in [7, 11) is 0. The van der Waals surface area contributed by atoms with E-state index < -0.39 is 34.2 Å². The van der Waals surface area contributed by atoms with Crippen LogP contribution in [-0.2, 0) is 0 Å². The molecule has 0 saturated carbocycles. The van der Waals surface area contributed by atoms with E-state index in [1.165, 1.54) is 0 Å². The number of hydrogen-bond donors (Lipinski definition) is 2. The Bertz CT molecular complexity index is 327. The molecular formula is C6H2F12S2. The van der Waals surface area contributed by atoms with Crippen LogP contribution in [0.1, 0.15) is 0 Å². The molecule has 0 aromatic rings. The molecule has 20 heavy (non-hydrogen) atoms. The largest absolute Gasteiger partial charge is 0.387 e. The van der Waals surface area contributed by atoms with Crippen LogP contribution >= 0.6 is 25.3 Å². The molecule has 0 bridgehead atoms. The third kappa shape index (κ3) is 2.52. The average Bonchev–Trinajstić information content (AvgIpc) is 2.12. The van der Waals surface area contributed by atoms with E-state index in [1.807, 2.05) is 0 Å². The van der Waals surface area contributed by atoms with Crippen molar-refractivity contribution in [3.05, 3.63) is 0 Å². The molecule has 0 aromatic heterocycles. The fourth-order valence-corrected chi connectivity index (χ4v) is 1.05. The number of halogens is 12. The van der Waals surface area contributed by atoms with Crippen molar-refractivity contribution in [1.29, 1.82) is 0 Å². The Morgan fingerprint density at radius 1 is 0.350 bits per heavy atom. The van der Waals surface area contributed by atoms with Gasteiger partial charge in [0.1, 0.15) is 0 Å². The van der Waals surface area contributed by atoms with Crippen LogP contribution in [-0.4, -0.2) is 34.2 Å². The maximum Gasteiger partial charge on any atom is 0.387 e. The fourth-order valence-electron chi connectivity index (χ4n) is 0.772. The average molecular weight is 366 g/mol. The Labute approximate surface area is 113 Å². The van der Waals surface area contributed by atoms with Crippen LogP contribution in [0.25, 0.3) is 0 Å². The summed E-state index contributed by atoms with van der Waals surface area (Å²) in [5, 5.41) is -12.4. The molecule has 0 unspecified atom stereocenters. The smallest absolute Gasteiger partial charge is 0.192 e. The molecule has 0 aliphatic carbocycles. The normalized spacial score (nSPS) is 16.5. The molecule has 0 heterocycles. The molecule has 0 rings (SSSR count). The van der Waals surface area contributed by atoms with Gasteiger partial charge in [0.25, 0.3) is 0 Å². The molecule has 0 atom stereocenters. The van der Waals surface area contributed by atoms with Gasteiger partial charge < -0.3 is 0 Å². The van der Waals surface area contributed by atoms with Crippen molar-refractivity contribution in [3.63, 3.8) is 0 Å². The topological polar surface area (TPSA) is 0 Å². The zero-order chi connectivity index (χ0) is 17.0. The molecule has 0 spiro atoms. The summed E-state index contributed by atoms with van der Waals surface area (Å²) in [5.41, 5.74) is 0. The van der Waals surface area contributed by atoms with Crippen LogP contribution in [0.5, 0.6) is 0 Å². The molecule has 0 N–H and O–H groups in total. The molecule has 0 aliphatic rings. The summed E-state index contributed by atoms with van der Waals surface area (Å²) in [4.78, 5) is 0. The second kappa shape index (κ2) is 4.68. The predicted octanol–water partition coefficient (Wildman–Crippen LogP) is 4.57. The number of rotatable bonds is 5. The Morgan fingerprint density at radius 3 is 0.600 bits per heavy atom. The Kier molecular flexibility index (Phi) is 4.65. The SMILES string of the molecule is FC(F)(S)C(F)(F)C(F)(F)C(F)(F)C(F)(F)C(F)(F)S. The van der Waals surface area contributed by atoms with Crippen molar-refractivity contribution in [2.75, 3.05) is 0 Å². The van der Waals surface area contributed by atoms with Gasteiger partial charge in [-0.15, -0.1) is 0 Å². The van der Waals surface area contributed by atoms with Crippen molar-refractivity contribution in [1.82, 2.24) is 0 Å². The monoisotopic (exact) mass is 366 g/mol. The quantitative estimate of drug-likeness (QED) is 0.517. The summed E-state index contributed by atoms with van der Waals surface area (Å²) in [6, 6.07) is 0. The van der Waals surface area contributed by atoms with Gasteiger partial charge in [0.05, 0.1) is 0 Å². The van der Waals surface area contributed by atoms with Gasteiger partial charge in [0.2, 0.25) is 0 Å². The standard InChI is InChI=1S/C6H2F12S2/c7-1(8,3(11,12)5(15,16)19)2(9,10)4(13,14)6(17,18)20/h19-20H. The van der Waals surface area contributed by atoms with E-state index in [2.05, 4.69) is 0 Å². The lowest BCUT2D eigenvalue weighted by Gasteiger charge is -2.39. The van der Waals surface area contributed by atoms with Gasteiger partial charge in [0, 0.05) is 0 Å². The van der Waals surface area contributed by atoms with E-state index in [-0.39, 0.29) is 0 Å². The van der Waals surface area contributed by atoms with Gasteiger partial charge in [-0.25, -0.2) is 0 Å². The third-order valence-electron chi connectivity index (χ3n) is 1.94. The molecule has 0 saturated heterocycles. The summed E-state index contributed by atoms with van der Waals surface area (Å²) >= 11 is 3.16. The van der Waals surface area contributed by atoms with Gasteiger partial charge in [0.15, 0.2) is 0 Å². The Hall–Kier alpha value is -0.140. The van der Waals surface area contributed by atoms with E-state index in [0.717, 1.165) is 0 Å². The summed E-state index contributed by atoms with van der Waals surface area (Å²) in [6.45, 7) is 0. The van der Waals surface area contributed by atoms with Crippen molar-refractivity contribution in [2.45, 2.75) is 34.2 Å². The molecule has 0 aromatic carbocycles. The van der Waals surface area contributed by atoms with Crippen LogP contribution in [0, 0.1) is 0 Å². The number of alkyl halides is 12. The first-order valence-electron chi connectivity index (χ1n) is 3.97. The van der Waals surface area contributed by atoms with Gasteiger partial charge in [-0.2, -0.15) is 52.7 Å². The van der Waals surface area contributed by atoms with Crippen LogP contribution in [0.3, 0.4) is 0 Å². The molecule has 0 aliphatic heterocycles. The van der Waals surface area contributed by atoms with Crippen molar-refractivity contribution in [2.24, 2.45) is 0 Å². The summed E-state index contributed by atoms with van der Waals surface area (Å²) < 4.78 is 149. The van der Waals surface area contributed by atoms with Crippen LogP contribution < -0.4 is 0 Å². The van der Waals surface area contributed by atoms with E-state index in [9.17, 15) is 52.7 Å². The minimum Gasteiger partial charge on any atom is -0.192 e. The first-order valence-corrected chi connectivity index (χ1v) is 4.86. The van der Waals surface area contributed by atoms with E-state index in [1.54, 1.807) is 25.3 Å². The molecule has 0 amide bonds. The van der Waals surface area contributed by atoms with Gasteiger partial charge in [-0.1, -0.05) is 25.3 Å². The van der Waals surface area contributed by atoms with Crippen molar-refractivity contribution in [3.8, 4) is 0 Å². The van der Waals surface area contributed by atoms with Crippen LogP contribution in [0.2, 0.25) is 0 Å². The lowest BCUT2D eigenvalue weighted by Crippen LogP contribution is -2.69. The maximum absolute atomic E-state index is 12.6. The highest BCUT2D eigenvalue weighted by atomic mass is 32.1. The highest BCUT2D eigenvalue weighted by Crippen LogP contribution is 2.60. The van der Waals surface area contributed by atoms with E-state index in [4.69, 9.17) is 0 Å². The molecule has 0 fully saturated rings. The van der Waals surface area contributed by atoms with E-state index in [0.29, 0.717) is 0 Å². The zero-order valence-electron chi connectivity index (χ0n) is 8.43. The first-order chi connectivity index (χ1) is 8.25. The molecule has 122 valence electrons. The lowest BCUT2D eigenvalue weighted by molar-refractivity contribution is -0.405. The van der Waals surface area contributed by atoms with Gasteiger partial charge in [-0.05, 0) is 0 Å². The van der Waals surface area contributed by atoms with Crippen LogP contribution in [0.4, 0.5) is 52.7 Å². The second-order valence-electron chi connectivity index (χ2n) is 3.38. The van der Waals surface area contributed by atoms with Crippen LogP contribution in [0.15, 0.2) is 0 Å². The highest BCUT2D eigenvalue weighted by molar-refractivity contribution is 7.81. The first kappa shape index (κ1) is 19.9. The highest BCUT2D eigenvalue weighted by Gasteiger charge is 2.89. The maximum atomic E-state index is 12.6. The summed E-state index contributed by atoms with van der Waals surface area (Å²) in [5.74, 6) is -29.4. The minimum atomic E-state index is -7.55. The summed E-state index contributed by atoms with van der Waals surface area (Å²) in [6.07, 6.45) is 0. The van der Waals surface area contributed by atoms with Crippen molar-refractivity contribution >= 4 is 25.3 Å². The Balaban J connectivity index is 6.08. The number of thiol groups is 2. The van der Waals surface area contributed by atoms with Gasteiger partial charge >= 0.3 is 34.2 Å². The second-order valence-corrected chi connectivity index (χ2v) is 4.50. The third-order valence-corrected chi connectivity index (χ3v) is 2.50. The Morgan fingerprint density at radius 2 is 0.500 bits per heavy atom. The van der Waals surface area contributed by atoms with E-state index >= 15 is 0 Å². The predicted molar refractivity (Wildman–Crippen MR) is 47.7 cm³/mol. The molecular weight excluding hydrogens is 364 g/mol. The molecule has 14 heteroatoms. The number of hydrogen-bond acceptors (Lipinski definition) is 2. The minimum absolute atomic E-state index is 1.58. The van der Waals surface area contributed by atoms with Crippen molar-refractivity contribution < 1.29 is 52.7 Å². The zero-order valence-corrected chi connectivity index (χ0v) is 10.2. The molecule has 0 radical (unpaired) electrons. The van der Waals surface area contributed by atoms with Gasteiger partial charge in [-0.3, -0.25) is 0 Å². The lowest BCUT2D eigenvalue weighted by atomic mass is 9.98. The molecule has 0 nitrogen and oxygen atoms in total.